The lowest BCUT2D eigenvalue weighted by molar-refractivity contribution is 0.209. The third-order valence-corrected chi connectivity index (χ3v) is 2.21. The van der Waals surface area contributed by atoms with E-state index < -0.39 is 6.09 Å². The van der Waals surface area contributed by atoms with Gasteiger partial charge in [-0.3, -0.25) is 5.32 Å². The van der Waals surface area contributed by atoms with Gasteiger partial charge in [0.1, 0.15) is 5.82 Å². The van der Waals surface area contributed by atoms with E-state index in [0.29, 0.717) is 18.1 Å². The molecular formula is C11H17N3O3. The van der Waals surface area contributed by atoms with Crippen LogP contribution in [0.1, 0.15) is 12.6 Å². The van der Waals surface area contributed by atoms with Crippen LogP contribution in [0.15, 0.2) is 12.1 Å². The third-order valence-electron chi connectivity index (χ3n) is 2.21. The molecule has 0 aliphatic carbocycles. The molecule has 94 valence electrons. The number of amides is 1. The Hall–Kier alpha value is -1.82. The first kappa shape index (κ1) is 13.2. The molecule has 4 N–H and O–H groups in total. The maximum atomic E-state index is 10.6. The van der Waals surface area contributed by atoms with Crippen molar-refractivity contribution in [3.8, 4) is 0 Å². The summed E-state index contributed by atoms with van der Waals surface area (Å²) >= 11 is 0. The topological polar surface area (TPSA) is 94.5 Å². The van der Waals surface area contributed by atoms with Gasteiger partial charge in [0.15, 0.2) is 0 Å². The van der Waals surface area contributed by atoms with E-state index in [-0.39, 0.29) is 12.5 Å². The minimum atomic E-state index is -1.13. The third kappa shape index (κ3) is 4.28. The first-order valence-electron chi connectivity index (χ1n) is 5.35. The van der Waals surface area contributed by atoms with E-state index in [2.05, 4.69) is 15.6 Å². The standard InChI is InChI=1S/C11H17N3O3/c1-7(6-15)5-12-10-9(14-11(16)17)4-3-8(2)13-10/h3-4,7,14-15H,5-6H2,1-2H3,(H,12,13)(H,16,17)/t7-/m1/s1. The van der Waals surface area contributed by atoms with E-state index in [9.17, 15) is 4.79 Å². The fourth-order valence-corrected chi connectivity index (χ4v) is 1.24. The van der Waals surface area contributed by atoms with Crippen molar-refractivity contribution in [2.24, 2.45) is 5.92 Å². The normalized spacial score (nSPS) is 11.9. The predicted octanol–water partition coefficient (Wildman–Crippen LogP) is 1.52. The zero-order chi connectivity index (χ0) is 12.8. The van der Waals surface area contributed by atoms with Crippen LogP contribution in [0.4, 0.5) is 16.3 Å². The van der Waals surface area contributed by atoms with Crippen LogP contribution in [0.5, 0.6) is 0 Å². The van der Waals surface area contributed by atoms with E-state index in [4.69, 9.17) is 10.2 Å². The van der Waals surface area contributed by atoms with E-state index >= 15 is 0 Å². The maximum absolute atomic E-state index is 10.6. The van der Waals surface area contributed by atoms with Gasteiger partial charge in [0.2, 0.25) is 0 Å². The highest BCUT2D eigenvalue weighted by Crippen LogP contribution is 2.19. The smallest absolute Gasteiger partial charge is 0.409 e. The Morgan fingerprint density at radius 2 is 2.24 bits per heavy atom. The monoisotopic (exact) mass is 239 g/mol. The molecule has 0 spiro atoms. The molecule has 0 bridgehead atoms. The summed E-state index contributed by atoms with van der Waals surface area (Å²) in [5.41, 5.74) is 1.20. The van der Waals surface area contributed by atoms with Crippen molar-refractivity contribution in [1.82, 2.24) is 4.98 Å². The zero-order valence-electron chi connectivity index (χ0n) is 9.90. The van der Waals surface area contributed by atoms with Crippen molar-refractivity contribution in [2.45, 2.75) is 13.8 Å². The molecule has 1 aromatic heterocycles. The lowest BCUT2D eigenvalue weighted by Gasteiger charge is -2.14. The Balaban J connectivity index is 2.79. The highest BCUT2D eigenvalue weighted by Gasteiger charge is 2.08. The Morgan fingerprint density at radius 3 is 2.82 bits per heavy atom. The van der Waals surface area contributed by atoms with E-state index in [1.54, 1.807) is 12.1 Å². The second-order valence-corrected chi connectivity index (χ2v) is 3.95. The van der Waals surface area contributed by atoms with Crippen LogP contribution in [0, 0.1) is 12.8 Å². The number of aryl methyl sites for hydroxylation is 1. The molecule has 0 saturated carbocycles. The molecule has 0 aliphatic heterocycles. The average Bonchev–Trinajstić information content (AvgIpc) is 2.28. The van der Waals surface area contributed by atoms with Crippen molar-refractivity contribution < 1.29 is 15.0 Å². The number of aromatic nitrogens is 1. The second-order valence-electron chi connectivity index (χ2n) is 3.95. The Labute approximate surface area is 99.7 Å². The molecular weight excluding hydrogens is 222 g/mol. The van der Waals surface area contributed by atoms with Crippen molar-refractivity contribution in [1.29, 1.82) is 0 Å². The molecule has 1 heterocycles. The highest BCUT2D eigenvalue weighted by atomic mass is 16.4. The molecule has 0 unspecified atom stereocenters. The molecule has 0 aromatic carbocycles. The summed E-state index contributed by atoms with van der Waals surface area (Å²) in [7, 11) is 0. The number of hydrogen-bond acceptors (Lipinski definition) is 4. The van der Waals surface area contributed by atoms with Gasteiger partial charge in [-0.05, 0) is 25.0 Å². The lowest BCUT2D eigenvalue weighted by atomic mass is 10.2. The molecule has 0 saturated heterocycles. The fraction of sp³-hybridized carbons (Fsp3) is 0.455. The van der Waals surface area contributed by atoms with Crippen LogP contribution in [0.2, 0.25) is 0 Å². The molecule has 1 atom stereocenters. The van der Waals surface area contributed by atoms with E-state index in [1.807, 2.05) is 13.8 Å². The summed E-state index contributed by atoms with van der Waals surface area (Å²) in [5, 5.41) is 22.9. The van der Waals surface area contributed by atoms with Crippen molar-refractivity contribution in [2.75, 3.05) is 23.8 Å². The Kier molecular flexibility index (Phi) is 4.71. The summed E-state index contributed by atoms with van der Waals surface area (Å²) in [6, 6.07) is 3.38. The quantitative estimate of drug-likeness (QED) is 0.625. The number of pyridine rings is 1. The van der Waals surface area contributed by atoms with Crippen molar-refractivity contribution in [3.05, 3.63) is 17.8 Å². The highest BCUT2D eigenvalue weighted by molar-refractivity contribution is 5.87. The number of nitrogens with one attached hydrogen (secondary N) is 2. The van der Waals surface area contributed by atoms with Crippen LogP contribution in [0.3, 0.4) is 0 Å². The molecule has 1 amide bonds. The van der Waals surface area contributed by atoms with Crippen LogP contribution < -0.4 is 10.6 Å². The van der Waals surface area contributed by atoms with Crippen LogP contribution in [-0.2, 0) is 0 Å². The van der Waals surface area contributed by atoms with Gasteiger partial charge in [-0.25, -0.2) is 9.78 Å². The van der Waals surface area contributed by atoms with Crippen LogP contribution in [-0.4, -0.2) is 34.4 Å². The molecule has 6 nitrogen and oxygen atoms in total. The summed E-state index contributed by atoms with van der Waals surface area (Å²) < 4.78 is 0. The number of aliphatic hydroxyl groups excluding tert-OH is 1. The van der Waals surface area contributed by atoms with Crippen molar-refractivity contribution in [3.63, 3.8) is 0 Å². The minimum absolute atomic E-state index is 0.0699. The fourth-order valence-electron chi connectivity index (χ4n) is 1.24. The average molecular weight is 239 g/mol. The molecule has 1 rings (SSSR count). The van der Waals surface area contributed by atoms with Gasteiger partial charge < -0.3 is 15.5 Å². The van der Waals surface area contributed by atoms with Crippen molar-refractivity contribution >= 4 is 17.6 Å². The Bertz CT molecular complexity index is 396. The summed E-state index contributed by atoms with van der Waals surface area (Å²) in [6.45, 7) is 4.31. The molecule has 0 radical (unpaired) electrons. The summed E-state index contributed by atoms with van der Waals surface area (Å²) in [6.07, 6.45) is -1.13. The van der Waals surface area contributed by atoms with Gasteiger partial charge in [-0.2, -0.15) is 0 Å². The molecule has 1 aromatic rings. The number of nitrogens with zero attached hydrogens (tertiary/aromatic N) is 1. The molecule has 0 fully saturated rings. The second kappa shape index (κ2) is 6.05. The van der Waals surface area contributed by atoms with Gasteiger partial charge >= 0.3 is 6.09 Å². The number of aliphatic hydroxyl groups is 1. The van der Waals surface area contributed by atoms with Gasteiger partial charge in [0.25, 0.3) is 0 Å². The maximum Gasteiger partial charge on any atom is 0.409 e. The van der Waals surface area contributed by atoms with Gasteiger partial charge in [-0.1, -0.05) is 6.92 Å². The number of rotatable bonds is 5. The van der Waals surface area contributed by atoms with E-state index in [1.165, 1.54) is 0 Å². The van der Waals surface area contributed by atoms with E-state index in [0.717, 1.165) is 5.69 Å². The SMILES string of the molecule is Cc1ccc(NC(=O)O)c(NC[C@@H](C)CO)n1. The van der Waals surface area contributed by atoms with Crippen LogP contribution in [0.25, 0.3) is 0 Å². The zero-order valence-corrected chi connectivity index (χ0v) is 9.90. The van der Waals surface area contributed by atoms with Gasteiger partial charge in [0, 0.05) is 18.8 Å². The lowest BCUT2D eigenvalue weighted by Crippen LogP contribution is -2.17. The largest absolute Gasteiger partial charge is 0.465 e. The van der Waals surface area contributed by atoms with Crippen LogP contribution >= 0.6 is 0 Å². The van der Waals surface area contributed by atoms with Gasteiger partial charge in [-0.15, -0.1) is 0 Å². The predicted molar refractivity (Wildman–Crippen MR) is 65.4 cm³/mol. The van der Waals surface area contributed by atoms with Gasteiger partial charge in [0.05, 0.1) is 5.69 Å². The summed E-state index contributed by atoms with van der Waals surface area (Å²) in [5.74, 6) is 0.558. The number of carbonyl (C=O) groups is 1. The number of carboxylic acid groups (broad SMARTS) is 1. The minimum Gasteiger partial charge on any atom is -0.465 e. The number of hydrogen-bond donors (Lipinski definition) is 4. The molecule has 6 heteroatoms. The Morgan fingerprint density at radius 1 is 1.53 bits per heavy atom. The summed E-state index contributed by atoms with van der Waals surface area (Å²) in [4.78, 5) is 14.8. The first-order valence-corrected chi connectivity index (χ1v) is 5.35. The molecule has 0 aliphatic rings. The molecule has 17 heavy (non-hydrogen) atoms. The number of anilines is 2. The first-order chi connectivity index (χ1) is 8.02.